The Kier molecular flexibility index (Phi) is 5.71. The minimum Gasteiger partial charge on any atom is -0.340 e. The normalized spacial score (nSPS) is 12.0. The average molecular weight is 346 g/mol. The molecule has 5 nitrogen and oxygen atoms in total. The van der Waals surface area contributed by atoms with Crippen molar-refractivity contribution in [2.45, 2.75) is 12.6 Å². The smallest absolute Gasteiger partial charge is 0.270 e. The third-order valence-electron chi connectivity index (χ3n) is 4.02. The molecule has 1 N–H and O–H groups in total. The van der Waals surface area contributed by atoms with Crippen LogP contribution in [-0.4, -0.2) is 34.9 Å². The quantitative estimate of drug-likeness (QED) is 0.745. The fourth-order valence-electron chi connectivity index (χ4n) is 2.80. The molecular formula is C21H22N4O. The van der Waals surface area contributed by atoms with Gasteiger partial charge in [-0.2, -0.15) is 0 Å². The lowest BCUT2D eigenvalue weighted by atomic mass is 9.98. The van der Waals surface area contributed by atoms with E-state index in [9.17, 15) is 4.79 Å². The van der Waals surface area contributed by atoms with Gasteiger partial charge in [0.1, 0.15) is 5.69 Å². The Morgan fingerprint density at radius 1 is 0.962 bits per heavy atom. The molecule has 3 rings (SSSR count). The van der Waals surface area contributed by atoms with Crippen molar-refractivity contribution in [1.29, 1.82) is 0 Å². The van der Waals surface area contributed by atoms with E-state index < -0.39 is 0 Å². The molecule has 0 saturated heterocycles. The number of rotatable bonds is 6. The molecule has 1 aromatic carbocycles. The van der Waals surface area contributed by atoms with Crippen molar-refractivity contribution >= 4 is 5.91 Å². The number of nitrogens with one attached hydrogen (secondary N) is 1. The van der Waals surface area contributed by atoms with E-state index in [1.807, 2.05) is 26.2 Å². The first-order valence-electron chi connectivity index (χ1n) is 8.49. The number of carbonyl (C=O) groups is 1. The van der Waals surface area contributed by atoms with E-state index in [2.05, 4.69) is 44.5 Å². The van der Waals surface area contributed by atoms with Crippen molar-refractivity contribution in [3.05, 3.63) is 95.6 Å². The lowest BCUT2D eigenvalue weighted by Crippen LogP contribution is -2.30. The SMILES string of the molecule is CN(C)Cc1ccc(C(NC(=O)c2ccccn2)c2ccncc2)cc1. The summed E-state index contributed by atoms with van der Waals surface area (Å²) in [6.07, 6.45) is 5.08. The number of amides is 1. The summed E-state index contributed by atoms with van der Waals surface area (Å²) in [7, 11) is 4.08. The number of hydrogen-bond donors (Lipinski definition) is 1. The zero-order valence-corrected chi connectivity index (χ0v) is 15.0. The second kappa shape index (κ2) is 8.36. The Hall–Kier alpha value is -3.05. The summed E-state index contributed by atoms with van der Waals surface area (Å²) in [6.45, 7) is 0.875. The minimum absolute atomic E-state index is 0.204. The van der Waals surface area contributed by atoms with Crippen molar-refractivity contribution in [2.75, 3.05) is 14.1 Å². The molecule has 1 unspecified atom stereocenters. The molecule has 0 spiro atoms. The molecule has 132 valence electrons. The van der Waals surface area contributed by atoms with Crippen LogP contribution in [0.15, 0.2) is 73.2 Å². The number of hydrogen-bond acceptors (Lipinski definition) is 4. The van der Waals surface area contributed by atoms with Crippen LogP contribution in [0, 0.1) is 0 Å². The van der Waals surface area contributed by atoms with Crippen LogP contribution < -0.4 is 5.32 Å². The van der Waals surface area contributed by atoms with Crippen molar-refractivity contribution < 1.29 is 4.79 Å². The minimum atomic E-state index is -0.263. The fourth-order valence-corrected chi connectivity index (χ4v) is 2.80. The Morgan fingerprint density at radius 3 is 2.27 bits per heavy atom. The van der Waals surface area contributed by atoms with Crippen molar-refractivity contribution in [1.82, 2.24) is 20.2 Å². The molecule has 5 heteroatoms. The van der Waals surface area contributed by atoms with Crippen molar-refractivity contribution in [3.63, 3.8) is 0 Å². The molecule has 0 bridgehead atoms. The molecule has 1 amide bonds. The van der Waals surface area contributed by atoms with Gasteiger partial charge in [-0.1, -0.05) is 30.3 Å². The summed E-state index contributed by atoms with van der Waals surface area (Å²) in [5.74, 6) is -0.204. The van der Waals surface area contributed by atoms with Gasteiger partial charge in [-0.05, 0) is 55.1 Å². The largest absolute Gasteiger partial charge is 0.340 e. The number of nitrogens with zero attached hydrogens (tertiary/aromatic N) is 3. The van der Waals surface area contributed by atoms with Crippen LogP contribution in [0.25, 0.3) is 0 Å². The molecular weight excluding hydrogens is 324 g/mol. The third-order valence-corrected chi connectivity index (χ3v) is 4.02. The maximum atomic E-state index is 12.6. The third kappa shape index (κ3) is 4.52. The van der Waals surface area contributed by atoms with Gasteiger partial charge in [-0.15, -0.1) is 0 Å². The van der Waals surface area contributed by atoms with Crippen LogP contribution in [0.1, 0.15) is 33.2 Å². The maximum Gasteiger partial charge on any atom is 0.270 e. The highest BCUT2D eigenvalue weighted by molar-refractivity contribution is 5.92. The Morgan fingerprint density at radius 2 is 1.65 bits per heavy atom. The van der Waals surface area contributed by atoms with Crippen molar-refractivity contribution in [3.8, 4) is 0 Å². The van der Waals surface area contributed by atoms with Crippen LogP contribution in [0.5, 0.6) is 0 Å². The van der Waals surface area contributed by atoms with Crippen LogP contribution in [-0.2, 0) is 6.54 Å². The van der Waals surface area contributed by atoms with Gasteiger partial charge in [0, 0.05) is 25.1 Å². The van der Waals surface area contributed by atoms with E-state index in [1.165, 1.54) is 5.56 Å². The molecule has 26 heavy (non-hydrogen) atoms. The van der Waals surface area contributed by atoms with Gasteiger partial charge in [-0.25, -0.2) is 0 Å². The van der Waals surface area contributed by atoms with Gasteiger partial charge in [0.25, 0.3) is 5.91 Å². The first-order valence-corrected chi connectivity index (χ1v) is 8.49. The zero-order valence-electron chi connectivity index (χ0n) is 15.0. The molecule has 0 fully saturated rings. The summed E-state index contributed by atoms with van der Waals surface area (Å²) in [5, 5.41) is 3.09. The topological polar surface area (TPSA) is 58.1 Å². The fraction of sp³-hybridized carbons (Fsp3) is 0.190. The number of pyridine rings is 2. The molecule has 0 aliphatic rings. The summed E-state index contributed by atoms with van der Waals surface area (Å²) in [4.78, 5) is 23.0. The van der Waals surface area contributed by atoms with Crippen LogP contribution in [0.4, 0.5) is 0 Å². The monoisotopic (exact) mass is 346 g/mol. The maximum absolute atomic E-state index is 12.6. The predicted octanol–water partition coefficient (Wildman–Crippen LogP) is 3.06. The highest BCUT2D eigenvalue weighted by Gasteiger charge is 2.18. The average Bonchev–Trinajstić information content (AvgIpc) is 2.67. The van der Waals surface area contributed by atoms with Gasteiger partial charge in [-0.3, -0.25) is 14.8 Å². The van der Waals surface area contributed by atoms with Gasteiger partial charge in [0.2, 0.25) is 0 Å². The zero-order chi connectivity index (χ0) is 18.4. The van der Waals surface area contributed by atoms with Gasteiger partial charge < -0.3 is 10.2 Å². The second-order valence-electron chi connectivity index (χ2n) is 6.38. The van der Waals surface area contributed by atoms with Gasteiger partial charge in [0.15, 0.2) is 0 Å². The molecule has 0 saturated carbocycles. The number of aromatic nitrogens is 2. The lowest BCUT2D eigenvalue weighted by Gasteiger charge is -2.20. The summed E-state index contributed by atoms with van der Waals surface area (Å²) in [6, 6.07) is 17.2. The predicted molar refractivity (Wildman–Crippen MR) is 102 cm³/mol. The first kappa shape index (κ1) is 17.8. The van der Waals surface area contributed by atoms with E-state index >= 15 is 0 Å². The van der Waals surface area contributed by atoms with E-state index in [0.29, 0.717) is 5.69 Å². The summed E-state index contributed by atoms with van der Waals surface area (Å²) < 4.78 is 0. The lowest BCUT2D eigenvalue weighted by molar-refractivity contribution is 0.0938. The first-order chi connectivity index (χ1) is 12.6. The van der Waals surface area contributed by atoms with Crippen LogP contribution >= 0.6 is 0 Å². The molecule has 2 aromatic heterocycles. The molecule has 0 aliphatic carbocycles. The van der Waals surface area contributed by atoms with Crippen LogP contribution in [0.2, 0.25) is 0 Å². The number of benzene rings is 1. The van der Waals surface area contributed by atoms with E-state index in [1.54, 1.807) is 36.8 Å². The highest BCUT2D eigenvalue weighted by atomic mass is 16.1. The molecule has 2 heterocycles. The Bertz CT molecular complexity index is 833. The Balaban J connectivity index is 1.88. The highest BCUT2D eigenvalue weighted by Crippen LogP contribution is 2.22. The number of carbonyl (C=O) groups excluding carboxylic acids is 1. The molecule has 3 aromatic rings. The Labute approximate surface area is 153 Å². The standard InChI is InChI=1S/C21H22N4O/c1-25(2)15-16-6-8-17(9-7-16)20(18-10-13-22-14-11-18)24-21(26)19-5-3-4-12-23-19/h3-14,20H,15H2,1-2H3,(H,24,26). The van der Waals surface area contributed by atoms with E-state index in [4.69, 9.17) is 0 Å². The summed E-state index contributed by atoms with van der Waals surface area (Å²) in [5.41, 5.74) is 3.62. The second-order valence-corrected chi connectivity index (χ2v) is 6.38. The molecule has 1 atom stereocenters. The van der Waals surface area contributed by atoms with Crippen LogP contribution in [0.3, 0.4) is 0 Å². The summed E-state index contributed by atoms with van der Waals surface area (Å²) >= 11 is 0. The molecule has 0 radical (unpaired) electrons. The van der Waals surface area contributed by atoms with E-state index in [-0.39, 0.29) is 11.9 Å². The molecule has 0 aliphatic heterocycles. The van der Waals surface area contributed by atoms with E-state index in [0.717, 1.165) is 17.7 Å². The van der Waals surface area contributed by atoms with Gasteiger partial charge >= 0.3 is 0 Å². The van der Waals surface area contributed by atoms with Crippen molar-refractivity contribution in [2.24, 2.45) is 0 Å². The van der Waals surface area contributed by atoms with Gasteiger partial charge in [0.05, 0.1) is 6.04 Å².